The molecule has 4 heterocycles. The van der Waals surface area contributed by atoms with Crippen molar-refractivity contribution < 1.29 is 14.3 Å². The Morgan fingerprint density at radius 2 is 2.42 bits per heavy atom. The van der Waals surface area contributed by atoms with Crippen molar-refractivity contribution in [1.29, 1.82) is 0 Å². The third kappa shape index (κ3) is 2.87. The average molecular weight is 328 g/mol. The molecule has 4 rings (SSSR count). The number of ether oxygens (including phenoxy) is 2. The van der Waals surface area contributed by atoms with Crippen molar-refractivity contribution in [2.75, 3.05) is 19.7 Å². The molecule has 0 unspecified atom stereocenters. The third-order valence-corrected chi connectivity index (χ3v) is 4.64. The van der Waals surface area contributed by atoms with Crippen LogP contribution in [-0.4, -0.2) is 56.7 Å². The lowest BCUT2D eigenvalue weighted by atomic mass is 9.98. The van der Waals surface area contributed by atoms with Crippen LogP contribution in [0, 0.1) is 0 Å². The van der Waals surface area contributed by atoms with Gasteiger partial charge in [-0.2, -0.15) is 0 Å². The Kier molecular flexibility index (Phi) is 3.72. The highest BCUT2D eigenvalue weighted by molar-refractivity contribution is 5.92. The van der Waals surface area contributed by atoms with E-state index in [1.807, 2.05) is 24.1 Å². The van der Waals surface area contributed by atoms with Gasteiger partial charge in [-0.15, -0.1) is 0 Å². The van der Waals surface area contributed by atoms with Gasteiger partial charge in [0.2, 0.25) is 0 Å². The molecule has 2 fully saturated rings. The smallest absolute Gasteiger partial charge is 0.274 e. The number of hydrogen-bond donors (Lipinski definition) is 0. The first-order chi connectivity index (χ1) is 11.6. The number of rotatable bonds is 3. The Balaban J connectivity index is 1.38. The average Bonchev–Trinajstić information content (AvgIpc) is 3.30. The van der Waals surface area contributed by atoms with Gasteiger partial charge in [-0.3, -0.25) is 9.78 Å². The maximum Gasteiger partial charge on any atom is 0.274 e. The van der Waals surface area contributed by atoms with Crippen molar-refractivity contribution in [3.63, 3.8) is 0 Å². The van der Waals surface area contributed by atoms with Gasteiger partial charge in [0, 0.05) is 32.4 Å². The van der Waals surface area contributed by atoms with E-state index in [1.165, 1.54) is 0 Å². The molecule has 2 aliphatic heterocycles. The summed E-state index contributed by atoms with van der Waals surface area (Å²) in [6, 6.07) is 3.74. The second kappa shape index (κ2) is 5.90. The monoisotopic (exact) mass is 328 g/mol. The first kappa shape index (κ1) is 15.1. The number of likely N-dealkylation sites (tertiary alicyclic amines) is 1. The molecule has 2 aliphatic rings. The number of hydrogen-bond acceptors (Lipinski definition) is 5. The van der Waals surface area contributed by atoms with Crippen molar-refractivity contribution in [1.82, 2.24) is 19.4 Å². The van der Waals surface area contributed by atoms with Crippen LogP contribution in [0.2, 0.25) is 0 Å². The van der Waals surface area contributed by atoms with E-state index in [4.69, 9.17) is 9.47 Å². The normalized spacial score (nSPS) is 26.2. The zero-order chi connectivity index (χ0) is 16.6. The van der Waals surface area contributed by atoms with Gasteiger partial charge in [0.05, 0.1) is 31.3 Å². The van der Waals surface area contributed by atoms with Gasteiger partial charge in [0.1, 0.15) is 17.5 Å². The summed E-state index contributed by atoms with van der Waals surface area (Å²) in [6.45, 7) is 1.82. The highest BCUT2D eigenvalue weighted by Gasteiger charge is 2.47. The molecule has 24 heavy (non-hydrogen) atoms. The summed E-state index contributed by atoms with van der Waals surface area (Å²) in [4.78, 5) is 22.6. The van der Waals surface area contributed by atoms with Crippen LogP contribution >= 0.6 is 0 Å². The van der Waals surface area contributed by atoms with Crippen LogP contribution in [-0.2, 0) is 11.8 Å². The van der Waals surface area contributed by atoms with Gasteiger partial charge in [0.25, 0.3) is 5.91 Å². The highest BCUT2D eigenvalue weighted by Crippen LogP contribution is 2.36. The largest absolute Gasteiger partial charge is 0.486 e. The lowest BCUT2D eigenvalue weighted by Gasteiger charge is -2.23. The summed E-state index contributed by atoms with van der Waals surface area (Å²) < 4.78 is 13.8. The summed E-state index contributed by atoms with van der Waals surface area (Å²) in [5.74, 6) is 0.718. The molecule has 7 heteroatoms. The summed E-state index contributed by atoms with van der Waals surface area (Å²) in [6.07, 6.45) is 8.43. The van der Waals surface area contributed by atoms with Crippen molar-refractivity contribution in [2.24, 2.45) is 7.05 Å². The van der Waals surface area contributed by atoms with E-state index in [-0.39, 0.29) is 17.6 Å². The number of amides is 1. The van der Waals surface area contributed by atoms with Gasteiger partial charge in [-0.25, -0.2) is 4.98 Å². The second-order valence-electron chi connectivity index (χ2n) is 6.53. The predicted molar refractivity (Wildman–Crippen MR) is 85.7 cm³/mol. The van der Waals surface area contributed by atoms with E-state index < -0.39 is 0 Å². The summed E-state index contributed by atoms with van der Waals surface area (Å²) in [5, 5.41) is 0. The molecule has 0 saturated carbocycles. The number of aryl methyl sites for hydroxylation is 1. The minimum atomic E-state index is -0.294. The van der Waals surface area contributed by atoms with Crippen LogP contribution in [0.5, 0.6) is 5.75 Å². The predicted octanol–water partition coefficient (Wildman–Crippen LogP) is 1.27. The Morgan fingerprint density at radius 1 is 1.50 bits per heavy atom. The van der Waals surface area contributed by atoms with Crippen LogP contribution in [0.25, 0.3) is 0 Å². The van der Waals surface area contributed by atoms with E-state index in [0.29, 0.717) is 25.4 Å². The molecule has 0 N–H and O–H groups in total. The standard InChI is InChI=1S/C17H20N4O3/c1-20-9-15(19-12-20)16(22)21-6-4-17(11-21)7-14(10-23-17)24-13-3-2-5-18-8-13/h2-3,5,8-9,12,14H,4,6-7,10-11H2,1H3/t14-,17-/m0/s1. The Bertz CT molecular complexity index is 732. The molecule has 0 aliphatic carbocycles. The molecule has 2 saturated heterocycles. The summed E-state index contributed by atoms with van der Waals surface area (Å²) in [5.41, 5.74) is 0.188. The zero-order valence-electron chi connectivity index (χ0n) is 13.6. The summed E-state index contributed by atoms with van der Waals surface area (Å²) in [7, 11) is 1.86. The lowest BCUT2D eigenvalue weighted by molar-refractivity contribution is 0.00989. The third-order valence-electron chi connectivity index (χ3n) is 4.64. The molecule has 0 bridgehead atoms. The van der Waals surface area contributed by atoms with E-state index in [1.54, 1.807) is 29.5 Å². The highest BCUT2D eigenvalue weighted by atomic mass is 16.6. The Hall–Kier alpha value is -2.41. The van der Waals surface area contributed by atoms with Gasteiger partial charge < -0.3 is 18.9 Å². The van der Waals surface area contributed by atoms with Crippen molar-refractivity contribution in [2.45, 2.75) is 24.5 Å². The van der Waals surface area contributed by atoms with Crippen molar-refractivity contribution in [3.8, 4) is 5.75 Å². The van der Waals surface area contributed by atoms with Crippen LogP contribution in [0.1, 0.15) is 23.3 Å². The second-order valence-corrected chi connectivity index (χ2v) is 6.53. The molecule has 0 radical (unpaired) electrons. The first-order valence-corrected chi connectivity index (χ1v) is 8.11. The van der Waals surface area contributed by atoms with Crippen LogP contribution in [0.4, 0.5) is 0 Å². The number of carbonyl (C=O) groups excluding carboxylic acids is 1. The SMILES string of the molecule is Cn1cnc(C(=O)N2CC[C@]3(C[C@H](Oc4cccnc4)CO3)C2)c1. The number of aromatic nitrogens is 3. The minimum Gasteiger partial charge on any atom is -0.486 e. The number of nitrogens with zero attached hydrogens (tertiary/aromatic N) is 4. The molecule has 2 aromatic heterocycles. The zero-order valence-corrected chi connectivity index (χ0v) is 13.6. The molecule has 1 amide bonds. The Morgan fingerprint density at radius 3 is 3.17 bits per heavy atom. The maximum absolute atomic E-state index is 12.5. The fourth-order valence-corrected chi connectivity index (χ4v) is 3.48. The quantitative estimate of drug-likeness (QED) is 0.849. The number of imidazole rings is 1. The van der Waals surface area contributed by atoms with Crippen molar-refractivity contribution in [3.05, 3.63) is 42.7 Å². The molecule has 126 valence electrons. The van der Waals surface area contributed by atoms with Gasteiger partial charge in [-0.1, -0.05) is 0 Å². The number of carbonyl (C=O) groups is 1. The lowest BCUT2D eigenvalue weighted by Crippen LogP contribution is -2.36. The topological polar surface area (TPSA) is 69.5 Å². The minimum absolute atomic E-state index is 0.000831. The van der Waals surface area contributed by atoms with Crippen LogP contribution in [0.3, 0.4) is 0 Å². The van der Waals surface area contributed by atoms with Crippen LogP contribution in [0.15, 0.2) is 37.1 Å². The van der Waals surface area contributed by atoms with E-state index in [0.717, 1.165) is 18.6 Å². The molecule has 1 spiro atoms. The van der Waals surface area contributed by atoms with Crippen molar-refractivity contribution >= 4 is 5.91 Å². The van der Waals surface area contributed by atoms with Gasteiger partial charge >= 0.3 is 0 Å². The first-order valence-electron chi connectivity index (χ1n) is 8.11. The fourth-order valence-electron chi connectivity index (χ4n) is 3.48. The van der Waals surface area contributed by atoms with E-state index in [2.05, 4.69) is 9.97 Å². The molecule has 0 aromatic carbocycles. The molecular weight excluding hydrogens is 308 g/mol. The molecule has 7 nitrogen and oxygen atoms in total. The fraction of sp³-hybridized carbons (Fsp3) is 0.471. The van der Waals surface area contributed by atoms with Crippen LogP contribution < -0.4 is 4.74 Å². The molecular formula is C17H20N4O3. The maximum atomic E-state index is 12.5. The number of pyridine rings is 1. The van der Waals surface area contributed by atoms with E-state index >= 15 is 0 Å². The summed E-state index contributed by atoms with van der Waals surface area (Å²) >= 11 is 0. The van der Waals surface area contributed by atoms with Gasteiger partial charge in [-0.05, 0) is 18.6 Å². The van der Waals surface area contributed by atoms with E-state index in [9.17, 15) is 4.79 Å². The molecule has 2 atom stereocenters. The molecule has 2 aromatic rings. The Labute approximate surface area is 140 Å². The van der Waals surface area contributed by atoms with Gasteiger partial charge in [0.15, 0.2) is 0 Å².